The summed E-state index contributed by atoms with van der Waals surface area (Å²) in [5.41, 5.74) is 1.01. The van der Waals surface area contributed by atoms with Crippen LogP contribution in [-0.2, 0) is 10.0 Å². The number of amides is 2. The van der Waals surface area contributed by atoms with E-state index in [1.807, 2.05) is 30.3 Å². The Morgan fingerprint density at radius 2 is 2.05 bits per heavy atom. The van der Waals surface area contributed by atoms with Crippen LogP contribution in [0.3, 0.4) is 0 Å². The lowest BCUT2D eigenvalue weighted by atomic mass is 10.2. The summed E-state index contributed by atoms with van der Waals surface area (Å²) in [5, 5.41) is 9.56. The highest BCUT2D eigenvalue weighted by atomic mass is 32.2. The summed E-state index contributed by atoms with van der Waals surface area (Å²) >= 11 is 1.33. The van der Waals surface area contributed by atoms with Crippen molar-refractivity contribution in [1.82, 2.24) is 10.3 Å². The highest BCUT2D eigenvalue weighted by molar-refractivity contribution is 7.89. The molecule has 1 aromatic carbocycles. The number of hydrogen-bond donors (Lipinski definition) is 3. The maximum atomic E-state index is 11.7. The van der Waals surface area contributed by atoms with Crippen LogP contribution in [-0.4, -0.2) is 31.2 Å². The first-order chi connectivity index (χ1) is 10.4. The third kappa shape index (κ3) is 4.52. The molecule has 1 heterocycles. The number of sulfonamides is 1. The van der Waals surface area contributed by atoms with Gasteiger partial charge in [-0.15, -0.1) is 0 Å². The summed E-state index contributed by atoms with van der Waals surface area (Å²) in [5.74, 6) is 0. The molecule has 9 heteroatoms. The van der Waals surface area contributed by atoms with Crippen molar-refractivity contribution in [3.63, 3.8) is 0 Å². The highest BCUT2D eigenvalue weighted by Gasteiger charge is 2.16. The Hall–Kier alpha value is -1.97. The molecule has 0 spiro atoms. The zero-order chi connectivity index (χ0) is 16.2. The van der Waals surface area contributed by atoms with Gasteiger partial charge in [0.15, 0.2) is 5.13 Å². The lowest BCUT2D eigenvalue weighted by molar-refractivity contribution is 0.252. The molecule has 1 aromatic heterocycles. The molecule has 7 nitrogen and oxygen atoms in total. The summed E-state index contributed by atoms with van der Waals surface area (Å²) in [6.45, 7) is 1.36. The number of hydrogen-bond acceptors (Lipinski definition) is 5. The van der Waals surface area contributed by atoms with Crippen LogP contribution in [0.4, 0.5) is 9.93 Å². The SMILES string of the molecule is CC(CNC(=O)Nc1ncc(-c2ccccc2)s1)S(N)(=O)=O. The van der Waals surface area contributed by atoms with Gasteiger partial charge in [-0.05, 0) is 12.5 Å². The standard InChI is InChI=1S/C13H16N4O3S2/c1-9(22(14,19)20)7-15-12(18)17-13-16-8-11(21-13)10-5-3-2-4-6-10/h2-6,8-9H,7H2,1H3,(H2,14,19,20)(H2,15,16,17,18). The van der Waals surface area contributed by atoms with E-state index in [9.17, 15) is 13.2 Å². The van der Waals surface area contributed by atoms with Crippen LogP contribution < -0.4 is 15.8 Å². The van der Waals surface area contributed by atoms with Crippen LogP contribution in [0.5, 0.6) is 0 Å². The average Bonchev–Trinajstić information content (AvgIpc) is 2.93. The zero-order valence-corrected chi connectivity index (χ0v) is 13.4. The highest BCUT2D eigenvalue weighted by Crippen LogP contribution is 2.28. The quantitative estimate of drug-likeness (QED) is 0.767. The van der Waals surface area contributed by atoms with Crippen molar-refractivity contribution in [3.05, 3.63) is 36.5 Å². The molecule has 0 saturated heterocycles. The fourth-order valence-corrected chi connectivity index (χ4v) is 2.69. The molecule has 2 aromatic rings. The minimum atomic E-state index is -3.66. The molecule has 22 heavy (non-hydrogen) atoms. The molecule has 0 fully saturated rings. The van der Waals surface area contributed by atoms with Gasteiger partial charge < -0.3 is 5.32 Å². The van der Waals surface area contributed by atoms with E-state index in [2.05, 4.69) is 15.6 Å². The molecule has 1 unspecified atom stereocenters. The van der Waals surface area contributed by atoms with E-state index in [0.717, 1.165) is 10.4 Å². The van der Waals surface area contributed by atoms with E-state index < -0.39 is 21.3 Å². The van der Waals surface area contributed by atoms with Crippen LogP contribution in [0.25, 0.3) is 10.4 Å². The molecule has 0 aliphatic rings. The molecule has 4 N–H and O–H groups in total. The number of carbonyl (C=O) groups is 1. The van der Waals surface area contributed by atoms with Crippen molar-refractivity contribution >= 4 is 32.5 Å². The Bertz CT molecular complexity index is 744. The second kappa shape index (κ2) is 6.86. The predicted molar refractivity (Wildman–Crippen MR) is 87.1 cm³/mol. The number of rotatable bonds is 5. The molecule has 0 aliphatic heterocycles. The number of nitrogens with zero attached hydrogens (tertiary/aromatic N) is 1. The van der Waals surface area contributed by atoms with Gasteiger partial charge in [-0.3, -0.25) is 5.32 Å². The summed E-state index contributed by atoms with van der Waals surface area (Å²) < 4.78 is 22.1. The second-order valence-corrected chi connectivity index (χ2v) is 7.64. The van der Waals surface area contributed by atoms with Gasteiger partial charge in [-0.2, -0.15) is 0 Å². The van der Waals surface area contributed by atoms with E-state index in [1.165, 1.54) is 18.3 Å². The number of anilines is 1. The van der Waals surface area contributed by atoms with Gasteiger partial charge in [0.25, 0.3) is 0 Å². The number of nitrogens with two attached hydrogens (primary N) is 1. The predicted octanol–water partition coefficient (Wildman–Crippen LogP) is 1.61. The maximum Gasteiger partial charge on any atom is 0.321 e. The Balaban J connectivity index is 1.92. The number of thiazole rings is 1. The van der Waals surface area contributed by atoms with Crippen LogP contribution in [0, 0.1) is 0 Å². The third-order valence-electron chi connectivity index (χ3n) is 2.90. The second-order valence-electron chi connectivity index (χ2n) is 4.63. The summed E-state index contributed by atoms with van der Waals surface area (Å²) in [7, 11) is -3.66. The Morgan fingerprint density at radius 3 is 2.68 bits per heavy atom. The fourth-order valence-electron chi connectivity index (χ4n) is 1.56. The van der Waals surface area contributed by atoms with Crippen LogP contribution >= 0.6 is 11.3 Å². The number of benzene rings is 1. The molecule has 2 rings (SSSR count). The number of primary sulfonamides is 1. The lowest BCUT2D eigenvalue weighted by Crippen LogP contribution is -2.39. The molecule has 0 saturated carbocycles. The van der Waals surface area contributed by atoms with Crippen molar-refractivity contribution in [2.75, 3.05) is 11.9 Å². The van der Waals surface area contributed by atoms with E-state index >= 15 is 0 Å². The molecular formula is C13H16N4O3S2. The van der Waals surface area contributed by atoms with Crippen LogP contribution in [0.2, 0.25) is 0 Å². The van der Waals surface area contributed by atoms with Gasteiger partial charge in [0.1, 0.15) is 0 Å². The molecule has 118 valence electrons. The molecule has 0 bridgehead atoms. The van der Waals surface area contributed by atoms with Crippen LogP contribution in [0.1, 0.15) is 6.92 Å². The summed E-state index contributed by atoms with van der Waals surface area (Å²) in [4.78, 5) is 16.7. The van der Waals surface area contributed by atoms with Gasteiger partial charge in [-0.1, -0.05) is 41.7 Å². The fraction of sp³-hybridized carbons (Fsp3) is 0.231. The first-order valence-corrected chi connectivity index (χ1v) is 8.86. The zero-order valence-electron chi connectivity index (χ0n) is 11.8. The Morgan fingerprint density at radius 1 is 1.36 bits per heavy atom. The van der Waals surface area contributed by atoms with Gasteiger partial charge in [-0.25, -0.2) is 23.3 Å². The van der Waals surface area contributed by atoms with Crippen molar-refractivity contribution in [3.8, 4) is 10.4 Å². The van der Waals surface area contributed by atoms with E-state index in [-0.39, 0.29) is 6.54 Å². The van der Waals surface area contributed by atoms with Crippen molar-refractivity contribution in [2.45, 2.75) is 12.2 Å². The molecule has 2 amide bonds. The normalized spacial score (nSPS) is 12.6. The van der Waals surface area contributed by atoms with Crippen molar-refractivity contribution < 1.29 is 13.2 Å². The monoisotopic (exact) mass is 340 g/mol. The van der Waals surface area contributed by atoms with Gasteiger partial charge in [0.2, 0.25) is 10.0 Å². The van der Waals surface area contributed by atoms with E-state index in [0.29, 0.717) is 5.13 Å². The van der Waals surface area contributed by atoms with Gasteiger partial charge in [0.05, 0.1) is 10.1 Å². The van der Waals surface area contributed by atoms with Gasteiger partial charge in [0, 0.05) is 12.7 Å². The largest absolute Gasteiger partial charge is 0.336 e. The Labute approximate surface area is 132 Å². The lowest BCUT2D eigenvalue weighted by Gasteiger charge is -2.10. The number of aromatic nitrogens is 1. The first kappa shape index (κ1) is 16.4. The summed E-state index contributed by atoms with van der Waals surface area (Å²) in [6, 6.07) is 9.14. The van der Waals surface area contributed by atoms with Gasteiger partial charge >= 0.3 is 6.03 Å². The number of nitrogens with one attached hydrogen (secondary N) is 2. The molecule has 0 aliphatic carbocycles. The first-order valence-electron chi connectivity index (χ1n) is 6.44. The average molecular weight is 340 g/mol. The maximum absolute atomic E-state index is 11.7. The van der Waals surface area contributed by atoms with E-state index in [1.54, 1.807) is 6.20 Å². The van der Waals surface area contributed by atoms with Crippen LogP contribution in [0.15, 0.2) is 36.5 Å². The van der Waals surface area contributed by atoms with E-state index in [4.69, 9.17) is 5.14 Å². The van der Waals surface area contributed by atoms with Crippen molar-refractivity contribution in [2.24, 2.45) is 5.14 Å². The number of urea groups is 1. The summed E-state index contributed by atoms with van der Waals surface area (Å²) in [6.07, 6.45) is 1.67. The molecule has 1 atom stereocenters. The minimum absolute atomic E-state index is 0.0679. The topological polar surface area (TPSA) is 114 Å². The number of carbonyl (C=O) groups excluding carboxylic acids is 1. The molecule has 0 radical (unpaired) electrons. The smallest absolute Gasteiger partial charge is 0.321 e. The van der Waals surface area contributed by atoms with Crippen molar-refractivity contribution in [1.29, 1.82) is 0 Å². The third-order valence-corrected chi connectivity index (χ3v) is 5.15. The molecular weight excluding hydrogens is 324 g/mol. The Kier molecular flexibility index (Phi) is 5.11. The minimum Gasteiger partial charge on any atom is -0.336 e.